The van der Waals surface area contributed by atoms with Crippen LogP contribution in [0.15, 0.2) is 63.9 Å². The van der Waals surface area contributed by atoms with E-state index in [0.717, 1.165) is 43.8 Å². The minimum absolute atomic E-state index is 0. The first kappa shape index (κ1) is 25.1. The van der Waals surface area contributed by atoms with Gasteiger partial charge in [0.1, 0.15) is 0 Å². The van der Waals surface area contributed by atoms with Crippen LogP contribution < -0.4 is 5.32 Å². The highest BCUT2D eigenvalue weighted by Crippen LogP contribution is 2.22. The van der Waals surface area contributed by atoms with Crippen LogP contribution in [0, 0.1) is 5.92 Å². The quantitative estimate of drug-likeness (QED) is 0.517. The largest absolute Gasteiger partial charge is 0.412 e. The highest BCUT2D eigenvalue weighted by molar-refractivity contribution is 7.84. The number of likely N-dealkylation sites (tertiary alicyclic amines) is 1. The lowest BCUT2D eigenvalue weighted by Crippen LogP contribution is -2.34. The molecule has 1 aliphatic heterocycles. The van der Waals surface area contributed by atoms with Gasteiger partial charge in [-0.2, -0.15) is 0 Å². The van der Waals surface area contributed by atoms with Gasteiger partial charge in [-0.05, 0) is 68.1 Å². The first-order valence-electron chi connectivity index (χ1n) is 10.9. The van der Waals surface area contributed by atoms with Crippen molar-refractivity contribution >= 4 is 29.1 Å². The average Bonchev–Trinajstić information content (AvgIpc) is 3.31. The van der Waals surface area contributed by atoms with Gasteiger partial charge in [-0.1, -0.05) is 30.3 Å². The monoisotopic (exact) mass is 488 g/mol. The molecule has 0 bridgehead atoms. The van der Waals surface area contributed by atoms with Crippen LogP contribution >= 0.6 is 12.4 Å². The SMILES string of the molecule is CS(=O)c1ccc(-c2nnc(C(=O)NCCC3CCN(Cc4ccccc4)CC3)o2)cc1.Cl. The van der Waals surface area contributed by atoms with Crippen molar-refractivity contribution in [3.63, 3.8) is 0 Å². The van der Waals surface area contributed by atoms with Crippen molar-refractivity contribution in [2.24, 2.45) is 5.92 Å². The van der Waals surface area contributed by atoms with Gasteiger partial charge >= 0.3 is 11.8 Å². The molecule has 1 N–H and O–H groups in total. The van der Waals surface area contributed by atoms with E-state index in [9.17, 15) is 9.00 Å². The number of rotatable bonds is 8. The second kappa shape index (κ2) is 12.1. The van der Waals surface area contributed by atoms with Gasteiger partial charge in [0.2, 0.25) is 5.89 Å². The smallest absolute Gasteiger partial charge is 0.308 e. The summed E-state index contributed by atoms with van der Waals surface area (Å²) in [5.41, 5.74) is 2.04. The molecule has 4 rings (SSSR count). The van der Waals surface area contributed by atoms with Crippen molar-refractivity contribution in [3.05, 3.63) is 66.1 Å². The average molecular weight is 489 g/mol. The van der Waals surface area contributed by atoms with Crippen molar-refractivity contribution in [3.8, 4) is 11.5 Å². The van der Waals surface area contributed by atoms with Crippen molar-refractivity contribution in [1.82, 2.24) is 20.4 Å². The normalized spacial score (nSPS) is 15.5. The Hall–Kier alpha value is -2.55. The molecule has 2 aromatic carbocycles. The van der Waals surface area contributed by atoms with Gasteiger partial charge in [-0.25, -0.2) is 0 Å². The lowest BCUT2D eigenvalue weighted by molar-refractivity contribution is 0.0913. The highest BCUT2D eigenvalue weighted by atomic mass is 35.5. The summed E-state index contributed by atoms with van der Waals surface area (Å²) in [6.45, 7) is 3.77. The summed E-state index contributed by atoms with van der Waals surface area (Å²) < 4.78 is 17.0. The molecule has 2 heterocycles. The van der Waals surface area contributed by atoms with Crippen LogP contribution in [0.25, 0.3) is 11.5 Å². The van der Waals surface area contributed by atoms with Crippen molar-refractivity contribution in [1.29, 1.82) is 0 Å². The maximum Gasteiger partial charge on any atom is 0.308 e. The summed E-state index contributed by atoms with van der Waals surface area (Å²) in [6.07, 6.45) is 4.86. The van der Waals surface area contributed by atoms with E-state index in [1.165, 1.54) is 5.56 Å². The molecular formula is C24H29ClN4O3S. The predicted molar refractivity (Wildman–Crippen MR) is 131 cm³/mol. The van der Waals surface area contributed by atoms with Gasteiger partial charge in [0, 0.05) is 40.6 Å². The first-order chi connectivity index (χ1) is 15.6. The van der Waals surface area contributed by atoms with Crippen LogP contribution in [0.3, 0.4) is 0 Å². The summed E-state index contributed by atoms with van der Waals surface area (Å²) in [7, 11) is -1.05. The molecule has 1 unspecified atom stereocenters. The summed E-state index contributed by atoms with van der Waals surface area (Å²) in [5, 5.41) is 10.7. The van der Waals surface area contributed by atoms with Crippen molar-refractivity contribution in [2.75, 3.05) is 25.9 Å². The maximum atomic E-state index is 12.4. The first-order valence-corrected chi connectivity index (χ1v) is 12.5. The lowest BCUT2D eigenvalue weighted by atomic mass is 9.93. The third-order valence-corrected chi connectivity index (χ3v) is 6.78. The molecule has 33 heavy (non-hydrogen) atoms. The standard InChI is InChI=1S/C24H28N4O3S.ClH/c1-32(30)21-9-7-20(8-10-21)23-26-27-24(31-23)22(29)25-14-11-18-12-15-28(16-13-18)17-19-5-3-2-4-6-19;/h2-10,18H,11-17H2,1H3,(H,25,29);1H. The number of halogens is 1. The molecule has 176 valence electrons. The molecule has 3 aromatic rings. The zero-order chi connectivity index (χ0) is 22.3. The summed E-state index contributed by atoms with van der Waals surface area (Å²) >= 11 is 0. The number of hydrogen-bond donors (Lipinski definition) is 1. The van der Waals surface area contributed by atoms with Gasteiger partial charge in [0.15, 0.2) is 0 Å². The fourth-order valence-electron chi connectivity index (χ4n) is 3.96. The zero-order valence-corrected chi connectivity index (χ0v) is 20.2. The number of piperidine rings is 1. The number of nitrogens with zero attached hydrogens (tertiary/aromatic N) is 3. The Kier molecular flexibility index (Phi) is 9.17. The third kappa shape index (κ3) is 6.96. The molecule has 1 atom stereocenters. The molecular weight excluding hydrogens is 460 g/mol. The van der Waals surface area contributed by atoms with Crippen molar-refractivity contribution < 1.29 is 13.4 Å². The highest BCUT2D eigenvalue weighted by Gasteiger charge is 2.20. The summed E-state index contributed by atoms with van der Waals surface area (Å²) in [6, 6.07) is 17.6. The molecule has 1 aliphatic rings. The molecule has 1 saturated heterocycles. The van der Waals surface area contributed by atoms with E-state index in [4.69, 9.17) is 4.42 Å². The van der Waals surface area contributed by atoms with Gasteiger partial charge in [0.05, 0.1) is 0 Å². The van der Waals surface area contributed by atoms with E-state index in [2.05, 4.69) is 44.7 Å². The van der Waals surface area contributed by atoms with E-state index in [1.807, 2.05) is 6.07 Å². The van der Waals surface area contributed by atoms with Crippen LogP contribution in [0.2, 0.25) is 0 Å². The molecule has 1 fully saturated rings. The van der Waals surface area contributed by atoms with E-state index < -0.39 is 10.8 Å². The third-order valence-electron chi connectivity index (χ3n) is 5.85. The zero-order valence-electron chi connectivity index (χ0n) is 18.6. The molecule has 0 radical (unpaired) electrons. The molecule has 9 heteroatoms. The second-order valence-electron chi connectivity index (χ2n) is 8.14. The minimum Gasteiger partial charge on any atom is -0.412 e. The molecule has 0 aliphatic carbocycles. The fraction of sp³-hybridized carbons (Fsp3) is 0.375. The Balaban J connectivity index is 0.00000306. The second-order valence-corrected chi connectivity index (χ2v) is 9.52. The van der Waals surface area contributed by atoms with E-state index >= 15 is 0 Å². The minimum atomic E-state index is -1.05. The Morgan fingerprint density at radius 3 is 2.45 bits per heavy atom. The lowest BCUT2D eigenvalue weighted by Gasteiger charge is -2.32. The molecule has 0 spiro atoms. The number of amides is 1. The Morgan fingerprint density at radius 2 is 1.79 bits per heavy atom. The summed E-state index contributed by atoms with van der Waals surface area (Å²) in [4.78, 5) is 15.6. The van der Waals surface area contributed by atoms with Gasteiger partial charge in [-0.15, -0.1) is 22.6 Å². The number of aromatic nitrogens is 2. The molecule has 1 amide bonds. The number of nitrogens with one attached hydrogen (secondary N) is 1. The Morgan fingerprint density at radius 1 is 1.09 bits per heavy atom. The van der Waals surface area contributed by atoms with Crippen LogP contribution in [0.1, 0.15) is 35.5 Å². The van der Waals surface area contributed by atoms with Crippen LogP contribution in [-0.4, -0.2) is 51.1 Å². The molecule has 7 nitrogen and oxygen atoms in total. The van der Waals surface area contributed by atoms with Gasteiger partial charge in [0.25, 0.3) is 0 Å². The topological polar surface area (TPSA) is 88.3 Å². The predicted octanol–water partition coefficient (Wildman–Crippen LogP) is 3.93. The van der Waals surface area contributed by atoms with E-state index in [1.54, 1.807) is 30.5 Å². The number of carbonyl (C=O) groups excluding carboxylic acids is 1. The maximum absolute atomic E-state index is 12.4. The fourth-order valence-corrected chi connectivity index (χ4v) is 4.48. The van der Waals surface area contributed by atoms with E-state index in [-0.39, 0.29) is 30.1 Å². The molecule has 0 saturated carbocycles. The number of benzene rings is 2. The summed E-state index contributed by atoms with van der Waals surface area (Å²) in [5.74, 6) is 0.495. The van der Waals surface area contributed by atoms with Crippen LogP contribution in [0.5, 0.6) is 0 Å². The number of carbonyl (C=O) groups is 1. The van der Waals surface area contributed by atoms with Crippen molar-refractivity contribution in [2.45, 2.75) is 30.7 Å². The van der Waals surface area contributed by atoms with E-state index in [0.29, 0.717) is 18.0 Å². The number of hydrogen-bond acceptors (Lipinski definition) is 6. The van der Waals surface area contributed by atoms with Gasteiger partial charge < -0.3 is 9.73 Å². The van der Waals surface area contributed by atoms with Crippen LogP contribution in [0.4, 0.5) is 0 Å². The Bertz CT molecular complexity index is 1050. The Labute approximate surface area is 202 Å². The van der Waals surface area contributed by atoms with Gasteiger partial charge in [-0.3, -0.25) is 13.9 Å². The molecule has 1 aromatic heterocycles. The van der Waals surface area contributed by atoms with Crippen LogP contribution in [-0.2, 0) is 17.3 Å².